The van der Waals surface area contributed by atoms with E-state index in [0.29, 0.717) is 10.7 Å². The largest absolute Gasteiger partial charge is 0.335 e. The second kappa shape index (κ2) is 7.57. The van der Waals surface area contributed by atoms with Crippen LogP contribution in [0.1, 0.15) is 16.1 Å². The zero-order valence-electron chi connectivity index (χ0n) is 13.0. The van der Waals surface area contributed by atoms with Crippen molar-refractivity contribution in [1.82, 2.24) is 14.8 Å². The zero-order valence-corrected chi connectivity index (χ0v) is 13.7. The standard InChI is InChI=1S/C18H20ClN3O/c19-16-6-8-20-17(14-16)18(23)22-12-10-21(11-13-22)9-7-15-4-2-1-3-5-15/h1-6,8,14H,7,9-13H2. The molecule has 0 radical (unpaired) electrons. The number of amides is 1. The third kappa shape index (κ3) is 4.30. The average molecular weight is 330 g/mol. The van der Waals surface area contributed by atoms with Gasteiger partial charge in [0.25, 0.3) is 5.91 Å². The average Bonchev–Trinajstić information content (AvgIpc) is 2.61. The van der Waals surface area contributed by atoms with Crippen molar-refractivity contribution < 1.29 is 4.79 Å². The Hall–Kier alpha value is -1.91. The van der Waals surface area contributed by atoms with E-state index in [1.54, 1.807) is 18.3 Å². The molecule has 1 aliphatic heterocycles. The molecule has 3 rings (SSSR count). The first-order valence-corrected chi connectivity index (χ1v) is 8.27. The van der Waals surface area contributed by atoms with Crippen LogP contribution in [0.15, 0.2) is 48.7 Å². The van der Waals surface area contributed by atoms with Gasteiger partial charge in [0, 0.05) is 43.9 Å². The summed E-state index contributed by atoms with van der Waals surface area (Å²) in [4.78, 5) is 20.8. The third-order valence-electron chi connectivity index (χ3n) is 4.16. The number of carbonyl (C=O) groups is 1. The molecule has 120 valence electrons. The van der Waals surface area contributed by atoms with Crippen LogP contribution >= 0.6 is 11.6 Å². The monoisotopic (exact) mass is 329 g/mol. The molecule has 1 saturated heterocycles. The minimum Gasteiger partial charge on any atom is -0.335 e. The van der Waals surface area contributed by atoms with Gasteiger partial charge in [0.2, 0.25) is 0 Å². The summed E-state index contributed by atoms with van der Waals surface area (Å²) < 4.78 is 0. The van der Waals surface area contributed by atoms with E-state index in [-0.39, 0.29) is 5.91 Å². The summed E-state index contributed by atoms with van der Waals surface area (Å²) >= 11 is 5.93. The molecule has 1 aromatic heterocycles. The van der Waals surface area contributed by atoms with Gasteiger partial charge in [-0.2, -0.15) is 0 Å². The van der Waals surface area contributed by atoms with E-state index in [0.717, 1.165) is 39.1 Å². The lowest BCUT2D eigenvalue weighted by Gasteiger charge is -2.34. The van der Waals surface area contributed by atoms with Crippen molar-refractivity contribution in [2.75, 3.05) is 32.7 Å². The van der Waals surface area contributed by atoms with E-state index in [2.05, 4.69) is 34.1 Å². The Morgan fingerprint density at radius 1 is 1.09 bits per heavy atom. The lowest BCUT2D eigenvalue weighted by molar-refractivity contribution is 0.0633. The summed E-state index contributed by atoms with van der Waals surface area (Å²) in [6, 6.07) is 13.8. The second-order valence-corrected chi connectivity index (χ2v) is 6.17. The molecule has 2 heterocycles. The summed E-state index contributed by atoms with van der Waals surface area (Å²) in [6.45, 7) is 4.31. The van der Waals surface area contributed by atoms with Gasteiger partial charge in [0.15, 0.2) is 0 Å². The fourth-order valence-electron chi connectivity index (χ4n) is 2.79. The lowest BCUT2D eigenvalue weighted by atomic mass is 10.1. The number of halogens is 1. The molecule has 0 spiro atoms. The van der Waals surface area contributed by atoms with Gasteiger partial charge in [0.05, 0.1) is 0 Å². The number of benzene rings is 1. The van der Waals surface area contributed by atoms with Crippen LogP contribution in [0.25, 0.3) is 0 Å². The Balaban J connectivity index is 1.49. The lowest BCUT2D eigenvalue weighted by Crippen LogP contribution is -2.49. The Bertz CT molecular complexity index is 654. The number of pyridine rings is 1. The second-order valence-electron chi connectivity index (χ2n) is 5.73. The maximum absolute atomic E-state index is 12.4. The van der Waals surface area contributed by atoms with Crippen LogP contribution in [0.3, 0.4) is 0 Å². The number of hydrogen-bond acceptors (Lipinski definition) is 3. The molecular weight excluding hydrogens is 310 g/mol. The number of nitrogens with zero attached hydrogens (tertiary/aromatic N) is 3. The van der Waals surface area contributed by atoms with Crippen LogP contribution in [0.2, 0.25) is 5.02 Å². The molecule has 2 aromatic rings. The molecule has 23 heavy (non-hydrogen) atoms. The van der Waals surface area contributed by atoms with Crippen molar-refractivity contribution in [3.05, 3.63) is 64.9 Å². The topological polar surface area (TPSA) is 36.4 Å². The molecule has 0 unspecified atom stereocenters. The van der Waals surface area contributed by atoms with Crippen molar-refractivity contribution in [2.45, 2.75) is 6.42 Å². The molecule has 0 N–H and O–H groups in total. The number of aromatic nitrogens is 1. The summed E-state index contributed by atoms with van der Waals surface area (Å²) in [6.07, 6.45) is 2.62. The molecule has 1 fully saturated rings. The van der Waals surface area contributed by atoms with Crippen molar-refractivity contribution >= 4 is 17.5 Å². The van der Waals surface area contributed by atoms with Crippen molar-refractivity contribution in [1.29, 1.82) is 0 Å². The van der Waals surface area contributed by atoms with Crippen LogP contribution in [-0.2, 0) is 6.42 Å². The maximum Gasteiger partial charge on any atom is 0.272 e. The van der Waals surface area contributed by atoms with E-state index in [1.807, 2.05) is 11.0 Å². The van der Waals surface area contributed by atoms with Gasteiger partial charge in [-0.15, -0.1) is 0 Å². The van der Waals surface area contributed by atoms with E-state index < -0.39 is 0 Å². The molecule has 1 amide bonds. The summed E-state index contributed by atoms with van der Waals surface area (Å²) in [7, 11) is 0. The first-order chi connectivity index (χ1) is 11.2. The van der Waals surface area contributed by atoms with Crippen LogP contribution in [-0.4, -0.2) is 53.4 Å². The predicted molar refractivity (Wildman–Crippen MR) is 91.7 cm³/mol. The van der Waals surface area contributed by atoms with Gasteiger partial charge in [-0.3, -0.25) is 14.7 Å². The minimum absolute atomic E-state index is 0.0322. The summed E-state index contributed by atoms with van der Waals surface area (Å²) in [5, 5.41) is 0.546. The van der Waals surface area contributed by atoms with Gasteiger partial charge in [-0.05, 0) is 24.1 Å². The smallest absolute Gasteiger partial charge is 0.272 e. The fraction of sp³-hybridized carbons (Fsp3) is 0.333. The quantitative estimate of drug-likeness (QED) is 0.865. The van der Waals surface area contributed by atoms with Crippen LogP contribution in [0.4, 0.5) is 0 Å². The van der Waals surface area contributed by atoms with Gasteiger partial charge in [-0.1, -0.05) is 41.9 Å². The molecule has 1 aromatic carbocycles. The molecule has 0 bridgehead atoms. The molecule has 0 aliphatic carbocycles. The van der Waals surface area contributed by atoms with E-state index in [4.69, 9.17) is 11.6 Å². The SMILES string of the molecule is O=C(c1cc(Cl)ccn1)N1CCN(CCc2ccccc2)CC1. The number of carbonyl (C=O) groups excluding carboxylic acids is 1. The van der Waals surface area contributed by atoms with Gasteiger partial charge >= 0.3 is 0 Å². The maximum atomic E-state index is 12.4. The summed E-state index contributed by atoms with van der Waals surface area (Å²) in [5.41, 5.74) is 1.78. The van der Waals surface area contributed by atoms with Gasteiger partial charge in [-0.25, -0.2) is 0 Å². The minimum atomic E-state index is -0.0322. The zero-order chi connectivity index (χ0) is 16.1. The highest BCUT2D eigenvalue weighted by Gasteiger charge is 2.22. The van der Waals surface area contributed by atoms with Crippen molar-refractivity contribution in [3.63, 3.8) is 0 Å². The highest BCUT2D eigenvalue weighted by molar-refractivity contribution is 6.30. The van der Waals surface area contributed by atoms with Gasteiger partial charge in [0.1, 0.15) is 5.69 Å². The van der Waals surface area contributed by atoms with Gasteiger partial charge < -0.3 is 4.90 Å². The molecule has 0 saturated carbocycles. The van der Waals surface area contributed by atoms with E-state index in [1.165, 1.54) is 5.56 Å². The first kappa shape index (κ1) is 16.0. The highest BCUT2D eigenvalue weighted by atomic mass is 35.5. The predicted octanol–water partition coefficient (Wildman–Crippen LogP) is 2.74. The van der Waals surface area contributed by atoms with Crippen molar-refractivity contribution in [2.24, 2.45) is 0 Å². The third-order valence-corrected chi connectivity index (χ3v) is 4.40. The number of hydrogen-bond donors (Lipinski definition) is 0. The van der Waals surface area contributed by atoms with E-state index in [9.17, 15) is 4.79 Å². The molecular formula is C18H20ClN3O. The van der Waals surface area contributed by atoms with E-state index >= 15 is 0 Å². The molecule has 0 atom stereocenters. The number of rotatable bonds is 4. The first-order valence-electron chi connectivity index (χ1n) is 7.89. The summed E-state index contributed by atoms with van der Waals surface area (Å²) in [5.74, 6) is -0.0322. The molecule has 4 nitrogen and oxygen atoms in total. The Labute approximate surface area is 141 Å². The highest BCUT2D eigenvalue weighted by Crippen LogP contribution is 2.12. The normalized spacial score (nSPS) is 15.6. The Kier molecular flexibility index (Phi) is 5.26. The van der Waals surface area contributed by atoms with Crippen LogP contribution in [0, 0.1) is 0 Å². The van der Waals surface area contributed by atoms with Crippen molar-refractivity contribution in [3.8, 4) is 0 Å². The molecule has 5 heteroatoms. The Morgan fingerprint density at radius 3 is 2.52 bits per heavy atom. The molecule has 1 aliphatic rings. The van der Waals surface area contributed by atoms with Crippen LogP contribution in [0.5, 0.6) is 0 Å². The van der Waals surface area contributed by atoms with Crippen LogP contribution < -0.4 is 0 Å². The Morgan fingerprint density at radius 2 is 1.83 bits per heavy atom. The fourth-order valence-corrected chi connectivity index (χ4v) is 2.95. The number of piperazine rings is 1.